The average Bonchev–Trinajstić information content (AvgIpc) is 3.53. The first-order chi connectivity index (χ1) is 15.9. The second-order valence-corrected chi connectivity index (χ2v) is 12.6. The highest BCUT2D eigenvalue weighted by molar-refractivity contribution is 7.91. The quantitative estimate of drug-likeness (QED) is 0.463. The molecule has 184 valence electrons. The number of sulfonamides is 1. The number of hydrogen-bond acceptors (Lipinski definition) is 6. The van der Waals surface area contributed by atoms with Gasteiger partial charge in [-0.05, 0) is 69.6 Å². The summed E-state index contributed by atoms with van der Waals surface area (Å²) in [5.41, 5.74) is 0. The van der Waals surface area contributed by atoms with Gasteiger partial charge < -0.3 is 9.80 Å². The molecule has 0 unspecified atom stereocenters. The topological polar surface area (TPSA) is 78.0 Å². The molecule has 3 aliphatic heterocycles. The number of unbranched alkanes of at least 4 members (excludes halogenated alkanes) is 2. The van der Waals surface area contributed by atoms with Crippen molar-refractivity contribution in [3.05, 3.63) is 17.5 Å². The van der Waals surface area contributed by atoms with Crippen molar-refractivity contribution in [2.24, 2.45) is 5.92 Å². The molecule has 0 aromatic carbocycles. The van der Waals surface area contributed by atoms with Crippen molar-refractivity contribution < 1.29 is 18.0 Å². The number of hydrogen-bond donors (Lipinski definition) is 0. The van der Waals surface area contributed by atoms with E-state index in [1.807, 2.05) is 11.8 Å². The molecule has 4 rings (SSSR count). The smallest absolute Gasteiger partial charge is 0.276 e. The fourth-order valence-corrected chi connectivity index (χ4v) is 8.57. The Morgan fingerprint density at radius 1 is 1.12 bits per heavy atom. The molecule has 9 heteroatoms. The molecular formula is C24H37N3O4S2. The van der Waals surface area contributed by atoms with Crippen molar-refractivity contribution in [1.82, 2.24) is 14.1 Å². The van der Waals surface area contributed by atoms with Crippen LogP contribution in [0.4, 0.5) is 0 Å². The van der Waals surface area contributed by atoms with E-state index in [9.17, 15) is 18.0 Å². The molecule has 4 heterocycles. The van der Waals surface area contributed by atoms with Gasteiger partial charge in [-0.1, -0.05) is 32.3 Å². The Hall–Kier alpha value is -1.45. The van der Waals surface area contributed by atoms with Gasteiger partial charge >= 0.3 is 0 Å². The van der Waals surface area contributed by atoms with Gasteiger partial charge in [-0.15, -0.1) is 11.3 Å². The summed E-state index contributed by atoms with van der Waals surface area (Å²) in [5.74, 6) is -0.690. The number of likely N-dealkylation sites (tertiary alicyclic amines) is 2. The number of rotatable bonds is 10. The summed E-state index contributed by atoms with van der Waals surface area (Å²) in [6.45, 7) is 6.06. The Morgan fingerprint density at radius 2 is 1.91 bits per heavy atom. The molecule has 1 aromatic heterocycles. The van der Waals surface area contributed by atoms with Crippen LogP contribution in [0.3, 0.4) is 0 Å². The second kappa shape index (κ2) is 10.9. The minimum Gasteiger partial charge on any atom is -0.337 e. The van der Waals surface area contributed by atoms with Gasteiger partial charge in [-0.2, -0.15) is 0 Å². The first-order valence-electron chi connectivity index (χ1n) is 12.6. The van der Waals surface area contributed by atoms with E-state index in [1.165, 1.54) is 32.4 Å². The molecule has 0 aliphatic carbocycles. The van der Waals surface area contributed by atoms with Crippen LogP contribution in [0.2, 0.25) is 0 Å². The highest BCUT2D eigenvalue weighted by atomic mass is 32.2. The lowest BCUT2D eigenvalue weighted by Gasteiger charge is -2.28. The zero-order valence-electron chi connectivity index (χ0n) is 19.7. The fraction of sp³-hybridized carbons (Fsp3) is 0.750. The Labute approximate surface area is 202 Å². The number of fused-ring (bicyclic) bond motifs is 1. The molecule has 3 atom stereocenters. The zero-order valence-corrected chi connectivity index (χ0v) is 21.3. The number of thiophene rings is 1. The van der Waals surface area contributed by atoms with Crippen LogP contribution in [-0.2, 0) is 19.6 Å². The molecule has 0 spiro atoms. The molecule has 0 bridgehead atoms. The Kier molecular flexibility index (Phi) is 8.12. The van der Waals surface area contributed by atoms with Crippen molar-refractivity contribution in [3.8, 4) is 0 Å². The van der Waals surface area contributed by atoms with Crippen LogP contribution in [0.1, 0.15) is 71.1 Å². The van der Waals surface area contributed by atoms with E-state index in [2.05, 4.69) is 4.90 Å². The molecule has 0 saturated carbocycles. The van der Waals surface area contributed by atoms with Gasteiger partial charge in [0.15, 0.2) is 0 Å². The predicted octanol–water partition coefficient (Wildman–Crippen LogP) is 3.71. The number of piperidine rings is 1. The standard InChI is InChI=1S/C24H37N3O4S2/c1-2-10-19-23-20(27(24(19)29)33(30,31)22-12-9-18-32-22)13-17-26(23)21(28)11-5-3-6-14-25-15-7-4-8-16-25/h9,12,18-20,23H,2-8,10-11,13-17H2,1H3/t19-,20+,23-/m1/s1. The van der Waals surface area contributed by atoms with E-state index in [4.69, 9.17) is 0 Å². The molecular weight excluding hydrogens is 458 g/mol. The summed E-state index contributed by atoms with van der Waals surface area (Å²) in [7, 11) is -3.87. The van der Waals surface area contributed by atoms with Crippen LogP contribution in [0, 0.1) is 5.92 Å². The van der Waals surface area contributed by atoms with Gasteiger partial charge in [-0.3, -0.25) is 9.59 Å². The van der Waals surface area contributed by atoms with Crippen molar-refractivity contribution in [3.63, 3.8) is 0 Å². The van der Waals surface area contributed by atoms with Crippen LogP contribution in [0.5, 0.6) is 0 Å². The minimum absolute atomic E-state index is 0.0738. The van der Waals surface area contributed by atoms with E-state index in [1.54, 1.807) is 17.5 Å². The van der Waals surface area contributed by atoms with E-state index in [0.29, 0.717) is 25.8 Å². The maximum Gasteiger partial charge on any atom is 0.276 e. The molecule has 7 nitrogen and oxygen atoms in total. The van der Waals surface area contributed by atoms with Crippen molar-refractivity contribution in [2.75, 3.05) is 26.2 Å². The molecule has 0 radical (unpaired) electrons. The third-order valence-corrected chi connectivity index (χ3v) is 10.6. The van der Waals surface area contributed by atoms with Gasteiger partial charge in [0, 0.05) is 13.0 Å². The van der Waals surface area contributed by atoms with Crippen molar-refractivity contribution in [1.29, 1.82) is 0 Å². The lowest BCUT2D eigenvalue weighted by atomic mass is 9.94. The van der Waals surface area contributed by atoms with Crippen LogP contribution >= 0.6 is 11.3 Å². The molecule has 33 heavy (non-hydrogen) atoms. The predicted molar refractivity (Wildman–Crippen MR) is 129 cm³/mol. The molecule has 1 aromatic rings. The monoisotopic (exact) mass is 495 g/mol. The summed E-state index contributed by atoms with van der Waals surface area (Å²) in [6, 6.07) is 2.48. The third kappa shape index (κ3) is 5.15. The number of carbonyl (C=O) groups excluding carboxylic acids is 2. The lowest BCUT2D eigenvalue weighted by Crippen LogP contribution is -2.43. The lowest BCUT2D eigenvalue weighted by molar-refractivity contribution is -0.134. The first-order valence-corrected chi connectivity index (χ1v) is 14.9. The van der Waals surface area contributed by atoms with Crippen LogP contribution in [0.25, 0.3) is 0 Å². The summed E-state index contributed by atoms with van der Waals surface area (Å²) >= 11 is 1.13. The maximum atomic E-state index is 13.3. The summed E-state index contributed by atoms with van der Waals surface area (Å²) < 4.78 is 27.8. The van der Waals surface area contributed by atoms with E-state index in [-0.39, 0.29) is 22.1 Å². The first kappa shape index (κ1) is 24.7. The van der Waals surface area contributed by atoms with Crippen LogP contribution in [0.15, 0.2) is 21.7 Å². The fourth-order valence-electron chi connectivity index (χ4n) is 5.83. The minimum atomic E-state index is -3.87. The van der Waals surface area contributed by atoms with Gasteiger partial charge in [-0.25, -0.2) is 12.7 Å². The Balaban J connectivity index is 1.37. The van der Waals surface area contributed by atoms with Gasteiger partial charge in [0.05, 0.1) is 18.0 Å². The Bertz CT molecular complexity index is 912. The molecule has 0 N–H and O–H groups in total. The van der Waals surface area contributed by atoms with Crippen molar-refractivity contribution >= 4 is 33.2 Å². The van der Waals surface area contributed by atoms with Crippen molar-refractivity contribution in [2.45, 2.75) is 87.4 Å². The molecule has 3 saturated heterocycles. The highest BCUT2D eigenvalue weighted by Gasteiger charge is 2.58. The second-order valence-electron chi connectivity index (χ2n) is 9.61. The van der Waals surface area contributed by atoms with E-state index < -0.39 is 22.0 Å². The average molecular weight is 496 g/mol. The number of amides is 2. The largest absolute Gasteiger partial charge is 0.337 e. The number of nitrogens with zero attached hydrogens (tertiary/aromatic N) is 3. The van der Waals surface area contributed by atoms with Crippen LogP contribution in [-0.4, -0.2) is 72.6 Å². The number of carbonyl (C=O) groups is 2. The highest BCUT2D eigenvalue weighted by Crippen LogP contribution is 2.42. The van der Waals surface area contributed by atoms with Gasteiger partial charge in [0.2, 0.25) is 11.8 Å². The molecule has 2 amide bonds. The SMILES string of the molecule is CCC[C@H]1C(=O)N(S(=O)(=O)c2cccs2)[C@H]2CCN(C(=O)CCCCCN3CCCCC3)[C@H]12. The van der Waals surface area contributed by atoms with E-state index >= 15 is 0 Å². The Morgan fingerprint density at radius 3 is 2.61 bits per heavy atom. The third-order valence-electron chi connectivity index (χ3n) is 7.41. The molecule has 3 fully saturated rings. The molecule has 3 aliphatic rings. The van der Waals surface area contributed by atoms with Crippen LogP contribution < -0.4 is 0 Å². The summed E-state index contributed by atoms with van der Waals surface area (Å²) in [5, 5.41) is 1.71. The maximum absolute atomic E-state index is 13.3. The summed E-state index contributed by atoms with van der Waals surface area (Å²) in [4.78, 5) is 30.8. The zero-order chi connectivity index (χ0) is 23.4. The summed E-state index contributed by atoms with van der Waals surface area (Å²) in [6.07, 6.45) is 9.33. The van der Waals surface area contributed by atoms with E-state index in [0.717, 1.165) is 47.9 Å². The normalized spacial score (nSPS) is 26.2. The van der Waals surface area contributed by atoms with Gasteiger partial charge in [0.25, 0.3) is 10.0 Å². The van der Waals surface area contributed by atoms with Gasteiger partial charge in [0.1, 0.15) is 4.21 Å².